The van der Waals surface area contributed by atoms with E-state index in [4.69, 9.17) is 9.15 Å². The molecule has 0 radical (unpaired) electrons. The van der Waals surface area contributed by atoms with Gasteiger partial charge in [-0.2, -0.15) is 0 Å². The van der Waals surface area contributed by atoms with Gasteiger partial charge in [0.25, 0.3) is 0 Å². The Morgan fingerprint density at radius 1 is 1.53 bits per heavy atom. The number of hydrogen-bond acceptors (Lipinski definition) is 6. The van der Waals surface area contributed by atoms with Crippen LogP contribution in [0.5, 0.6) is 0 Å². The van der Waals surface area contributed by atoms with E-state index in [1.807, 2.05) is 24.4 Å². The molecule has 1 N–H and O–H groups in total. The Bertz CT molecular complexity index is 441. The normalized spacial score (nSPS) is 12.6. The molecule has 2 aromatic heterocycles. The van der Waals surface area contributed by atoms with E-state index in [1.54, 1.807) is 18.4 Å². The number of ether oxygens (including phenoxy) is 1. The molecule has 0 saturated carbocycles. The zero-order chi connectivity index (χ0) is 12.1. The molecule has 1 atom stereocenters. The van der Waals surface area contributed by atoms with Crippen LogP contribution in [0, 0.1) is 0 Å². The van der Waals surface area contributed by atoms with Crippen molar-refractivity contribution < 1.29 is 9.15 Å². The summed E-state index contributed by atoms with van der Waals surface area (Å²) < 4.78 is 10.8. The first-order valence-electron chi connectivity index (χ1n) is 5.46. The van der Waals surface area contributed by atoms with Crippen molar-refractivity contribution in [3.63, 3.8) is 0 Å². The van der Waals surface area contributed by atoms with Crippen LogP contribution >= 0.6 is 11.3 Å². The third kappa shape index (κ3) is 3.04. The Kier molecular flexibility index (Phi) is 4.11. The van der Waals surface area contributed by atoms with Gasteiger partial charge in [0.1, 0.15) is 6.10 Å². The van der Waals surface area contributed by atoms with Gasteiger partial charge >= 0.3 is 6.01 Å². The van der Waals surface area contributed by atoms with Crippen molar-refractivity contribution >= 4 is 17.4 Å². The molecule has 0 amide bonds. The maximum atomic E-state index is 5.41. The summed E-state index contributed by atoms with van der Waals surface area (Å²) in [6, 6.07) is 4.50. The lowest BCUT2D eigenvalue weighted by atomic mass is 10.3. The highest BCUT2D eigenvalue weighted by atomic mass is 32.1. The minimum absolute atomic E-state index is 0.00646. The minimum Gasteiger partial charge on any atom is -0.408 e. The van der Waals surface area contributed by atoms with E-state index in [0.717, 1.165) is 6.42 Å². The molecule has 2 aromatic rings. The highest BCUT2D eigenvalue weighted by Gasteiger charge is 2.12. The number of hydrogen-bond donors (Lipinski definition) is 1. The molecule has 5 nitrogen and oxygen atoms in total. The second-order valence-electron chi connectivity index (χ2n) is 3.48. The molecule has 0 saturated heterocycles. The van der Waals surface area contributed by atoms with Crippen LogP contribution in [0.25, 0.3) is 0 Å². The van der Waals surface area contributed by atoms with Crippen molar-refractivity contribution in [2.24, 2.45) is 0 Å². The molecule has 2 rings (SSSR count). The van der Waals surface area contributed by atoms with Gasteiger partial charge < -0.3 is 14.5 Å². The lowest BCUT2D eigenvalue weighted by Gasteiger charge is -2.13. The maximum absolute atomic E-state index is 5.41. The largest absolute Gasteiger partial charge is 0.408 e. The summed E-state index contributed by atoms with van der Waals surface area (Å²) in [5, 5.41) is 12.9. The summed E-state index contributed by atoms with van der Waals surface area (Å²) in [5.74, 6) is 0.637. The van der Waals surface area contributed by atoms with Crippen LogP contribution < -0.4 is 5.32 Å². The minimum atomic E-state index is 0.00646. The molecule has 92 valence electrons. The second-order valence-corrected chi connectivity index (χ2v) is 4.45. The Morgan fingerprint density at radius 2 is 2.41 bits per heavy atom. The van der Waals surface area contributed by atoms with Gasteiger partial charge in [0.15, 0.2) is 0 Å². The Hall–Kier alpha value is -1.40. The predicted molar refractivity (Wildman–Crippen MR) is 66.2 cm³/mol. The third-order valence-corrected chi connectivity index (χ3v) is 3.32. The summed E-state index contributed by atoms with van der Waals surface area (Å²) >= 11 is 1.67. The number of nitrogens with one attached hydrogen (secondary N) is 1. The smallest absolute Gasteiger partial charge is 0.315 e. The SMILES string of the molecule is CCc1nnc(NC[C@@H](OC)c2cccs2)o1. The summed E-state index contributed by atoms with van der Waals surface area (Å²) in [6.07, 6.45) is 0.750. The van der Waals surface area contributed by atoms with Crippen molar-refractivity contribution in [2.75, 3.05) is 19.0 Å². The molecule has 0 unspecified atom stereocenters. The number of thiophene rings is 1. The van der Waals surface area contributed by atoms with E-state index in [-0.39, 0.29) is 6.10 Å². The second kappa shape index (κ2) is 5.79. The molecule has 0 aliphatic rings. The van der Waals surface area contributed by atoms with Crippen molar-refractivity contribution in [2.45, 2.75) is 19.4 Å². The molecule has 0 bridgehead atoms. The highest BCUT2D eigenvalue weighted by molar-refractivity contribution is 7.10. The Labute approximate surface area is 104 Å². The first-order chi connectivity index (χ1) is 8.33. The fraction of sp³-hybridized carbons (Fsp3) is 0.455. The van der Waals surface area contributed by atoms with Crippen LogP contribution in [0.2, 0.25) is 0 Å². The molecule has 2 heterocycles. The molecule has 0 aromatic carbocycles. The van der Waals surface area contributed by atoms with Gasteiger partial charge in [0, 0.05) is 18.4 Å². The summed E-state index contributed by atoms with van der Waals surface area (Å²) in [4.78, 5) is 1.18. The quantitative estimate of drug-likeness (QED) is 0.857. The Morgan fingerprint density at radius 3 is 3.00 bits per heavy atom. The number of methoxy groups -OCH3 is 1. The van der Waals surface area contributed by atoms with Gasteiger partial charge in [-0.3, -0.25) is 0 Å². The van der Waals surface area contributed by atoms with Crippen LogP contribution in [0.1, 0.15) is 23.8 Å². The predicted octanol–water partition coefficient (Wildman–Crippen LogP) is 2.49. The average molecular weight is 253 g/mol. The van der Waals surface area contributed by atoms with Gasteiger partial charge in [-0.25, -0.2) is 0 Å². The van der Waals surface area contributed by atoms with Crippen molar-refractivity contribution in [3.8, 4) is 0 Å². The average Bonchev–Trinajstić information content (AvgIpc) is 3.00. The monoisotopic (exact) mass is 253 g/mol. The lowest BCUT2D eigenvalue weighted by molar-refractivity contribution is 0.116. The van der Waals surface area contributed by atoms with E-state index in [9.17, 15) is 0 Å². The van der Waals surface area contributed by atoms with Crippen LogP contribution in [0.15, 0.2) is 21.9 Å². The molecule has 6 heteroatoms. The van der Waals surface area contributed by atoms with E-state index in [2.05, 4.69) is 15.5 Å². The van der Waals surface area contributed by atoms with Crippen molar-refractivity contribution in [1.82, 2.24) is 10.2 Å². The van der Waals surface area contributed by atoms with Crippen LogP contribution in [-0.4, -0.2) is 23.9 Å². The zero-order valence-electron chi connectivity index (χ0n) is 9.84. The maximum Gasteiger partial charge on any atom is 0.315 e. The van der Waals surface area contributed by atoms with Crippen LogP contribution in [0.4, 0.5) is 6.01 Å². The van der Waals surface area contributed by atoms with Crippen molar-refractivity contribution in [1.29, 1.82) is 0 Å². The van der Waals surface area contributed by atoms with Gasteiger partial charge in [-0.15, -0.1) is 16.4 Å². The van der Waals surface area contributed by atoms with Crippen molar-refractivity contribution in [3.05, 3.63) is 28.3 Å². The number of nitrogens with zero attached hydrogens (tertiary/aromatic N) is 2. The first-order valence-corrected chi connectivity index (χ1v) is 6.34. The van der Waals surface area contributed by atoms with Gasteiger partial charge in [0.2, 0.25) is 5.89 Å². The summed E-state index contributed by atoms with van der Waals surface area (Å²) in [7, 11) is 1.69. The van der Waals surface area contributed by atoms with Gasteiger partial charge in [-0.05, 0) is 11.4 Å². The topological polar surface area (TPSA) is 60.2 Å². The first kappa shape index (κ1) is 12.1. The van der Waals surface area contributed by atoms with Gasteiger partial charge in [0.05, 0.1) is 6.54 Å². The number of aryl methyl sites for hydroxylation is 1. The standard InChI is InChI=1S/C11H15N3O2S/c1-3-10-13-14-11(16-10)12-7-8(15-2)9-5-4-6-17-9/h4-6,8H,3,7H2,1-2H3,(H,12,14)/t8-/m1/s1. The molecule has 0 aliphatic heterocycles. The fourth-order valence-corrected chi connectivity index (χ4v) is 2.23. The van der Waals surface area contributed by atoms with E-state index < -0.39 is 0 Å². The molecule has 0 spiro atoms. The molecule has 17 heavy (non-hydrogen) atoms. The summed E-state index contributed by atoms with van der Waals surface area (Å²) in [6.45, 7) is 2.59. The number of rotatable bonds is 6. The molecule has 0 aliphatic carbocycles. The summed E-state index contributed by atoms with van der Waals surface area (Å²) in [5.41, 5.74) is 0. The van der Waals surface area contributed by atoms with E-state index in [0.29, 0.717) is 18.5 Å². The molecular weight excluding hydrogens is 238 g/mol. The van der Waals surface area contributed by atoms with E-state index >= 15 is 0 Å². The van der Waals surface area contributed by atoms with Crippen LogP contribution in [0.3, 0.4) is 0 Å². The third-order valence-electron chi connectivity index (χ3n) is 2.35. The Balaban J connectivity index is 1.92. The zero-order valence-corrected chi connectivity index (χ0v) is 10.7. The molecular formula is C11H15N3O2S. The molecule has 0 fully saturated rings. The number of anilines is 1. The van der Waals surface area contributed by atoms with Crippen LogP contribution in [-0.2, 0) is 11.2 Å². The fourth-order valence-electron chi connectivity index (χ4n) is 1.42. The van der Waals surface area contributed by atoms with E-state index in [1.165, 1.54) is 4.88 Å². The van der Waals surface area contributed by atoms with Gasteiger partial charge in [-0.1, -0.05) is 18.1 Å². The number of aromatic nitrogens is 2. The highest BCUT2D eigenvalue weighted by Crippen LogP contribution is 2.22. The lowest BCUT2D eigenvalue weighted by Crippen LogP contribution is -2.13.